The Balaban J connectivity index is 1.65. The van der Waals surface area contributed by atoms with E-state index >= 15 is 0 Å². The largest absolute Gasteiger partial charge is 0.381 e. The first kappa shape index (κ1) is 21.5. The lowest BCUT2D eigenvalue weighted by atomic mass is 10.0. The van der Waals surface area contributed by atoms with E-state index in [1.807, 2.05) is 18.2 Å². The summed E-state index contributed by atoms with van der Waals surface area (Å²) in [6.07, 6.45) is 3.44. The molecule has 0 atom stereocenters. The maximum atomic E-state index is 13.2. The minimum absolute atomic E-state index is 0.00779. The number of amides is 1. The molecule has 5 rings (SSSR count). The van der Waals surface area contributed by atoms with Gasteiger partial charge >= 0.3 is 0 Å². The summed E-state index contributed by atoms with van der Waals surface area (Å²) in [5.41, 5.74) is 9.12. The number of aryl methyl sites for hydroxylation is 1. The number of pyridine rings is 1. The molecule has 0 radical (unpaired) electrons. The summed E-state index contributed by atoms with van der Waals surface area (Å²) in [6.45, 7) is 0. The minimum atomic E-state index is -0.502. The maximum Gasteiger partial charge on any atom is 0.256 e. The summed E-state index contributed by atoms with van der Waals surface area (Å²) in [4.78, 5) is 26.2. The topological polar surface area (TPSA) is 112 Å². The van der Waals surface area contributed by atoms with Crippen molar-refractivity contribution in [3.05, 3.63) is 83.4 Å². The summed E-state index contributed by atoms with van der Waals surface area (Å²) < 4.78 is 14.9. The van der Waals surface area contributed by atoms with Gasteiger partial charge in [-0.05, 0) is 48.5 Å². The Kier molecular flexibility index (Phi) is 5.39. The summed E-state index contributed by atoms with van der Waals surface area (Å²) >= 11 is 6.51. The van der Waals surface area contributed by atoms with E-state index in [0.29, 0.717) is 33.2 Å². The molecule has 34 heavy (non-hydrogen) atoms. The molecule has 0 spiro atoms. The third-order valence-electron chi connectivity index (χ3n) is 5.15. The van der Waals surface area contributed by atoms with Crippen molar-refractivity contribution in [3.63, 3.8) is 0 Å². The molecule has 10 heteroatoms. The average molecular weight is 474 g/mol. The number of rotatable bonds is 4. The fourth-order valence-corrected chi connectivity index (χ4v) is 3.80. The van der Waals surface area contributed by atoms with Crippen molar-refractivity contribution in [2.45, 2.75) is 0 Å². The predicted molar refractivity (Wildman–Crippen MR) is 129 cm³/mol. The van der Waals surface area contributed by atoms with Gasteiger partial charge in [0.15, 0.2) is 11.6 Å². The molecule has 3 N–H and O–H groups in total. The number of hydrogen-bond donors (Lipinski definition) is 2. The van der Waals surface area contributed by atoms with Crippen LogP contribution in [0.3, 0.4) is 0 Å². The first-order chi connectivity index (χ1) is 16.4. The van der Waals surface area contributed by atoms with E-state index in [1.54, 1.807) is 36.3 Å². The number of fused-ring (bicyclic) bond motifs is 1. The highest BCUT2D eigenvalue weighted by Crippen LogP contribution is 2.35. The molecule has 0 aliphatic heterocycles. The van der Waals surface area contributed by atoms with Crippen LogP contribution < -0.4 is 11.1 Å². The van der Waals surface area contributed by atoms with Crippen LogP contribution >= 0.6 is 11.6 Å². The zero-order chi connectivity index (χ0) is 23.8. The number of nitrogens with zero attached hydrogens (tertiary/aromatic N) is 5. The van der Waals surface area contributed by atoms with Crippen molar-refractivity contribution in [1.82, 2.24) is 24.7 Å². The van der Waals surface area contributed by atoms with Crippen LogP contribution in [0.15, 0.2) is 67.0 Å². The third-order valence-corrected chi connectivity index (χ3v) is 5.44. The zero-order valence-corrected chi connectivity index (χ0v) is 18.6. The van der Waals surface area contributed by atoms with Gasteiger partial charge in [0.1, 0.15) is 22.9 Å². The third kappa shape index (κ3) is 4.04. The van der Waals surface area contributed by atoms with Crippen molar-refractivity contribution < 1.29 is 9.18 Å². The molecule has 0 aliphatic rings. The summed E-state index contributed by atoms with van der Waals surface area (Å²) in [5.74, 6) is -0.876. The lowest BCUT2D eigenvalue weighted by molar-refractivity contribution is 0.102. The molecule has 0 unspecified atom stereocenters. The summed E-state index contributed by atoms with van der Waals surface area (Å²) in [6, 6.07) is 14.2. The number of hydrogen-bond acceptors (Lipinski definition) is 6. The number of nitrogens with two attached hydrogens (primary N) is 1. The van der Waals surface area contributed by atoms with Gasteiger partial charge in [0.25, 0.3) is 5.91 Å². The van der Waals surface area contributed by atoms with Gasteiger partial charge < -0.3 is 11.1 Å². The predicted octanol–water partition coefficient (Wildman–Crippen LogP) is 4.72. The number of nitrogen functional groups attached to an aromatic ring is 1. The molecule has 168 valence electrons. The Morgan fingerprint density at radius 2 is 1.88 bits per heavy atom. The number of benzene rings is 2. The van der Waals surface area contributed by atoms with E-state index in [2.05, 4.69) is 25.4 Å². The number of halogens is 2. The molecule has 2 aromatic carbocycles. The molecule has 3 heterocycles. The summed E-state index contributed by atoms with van der Waals surface area (Å²) in [7, 11) is 1.79. The molecule has 3 aromatic heterocycles. The van der Waals surface area contributed by atoms with E-state index < -0.39 is 11.7 Å². The second kappa shape index (κ2) is 8.53. The zero-order valence-electron chi connectivity index (χ0n) is 17.8. The number of carbonyl (C=O) groups is 1. The van der Waals surface area contributed by atoms with E-state index in [-0.39, 0.29) is 17.2 Å². The Labute approximate surface area is 198 Å². The highest BCUT2D eigenvalue weighted by Gasteiger charge is 2.20. The van der Waals surface area contributed by atoms with Crippen LogP contribution in [0.2, 0.25) is 5.02 Å². The lowest BCUT2D eigenvalue weighted by Crippen LogP contribution is -2.16. The quantitative estimate of drug-likeness (QED) is 0.390. The van der Waals surface area contributed by atoms with Crippen molar-refractivity contribution in [3.8, 4) is 22.6 Å². The highest BCUT2D eigenvalue weighted by atomic mass is 35.5. The van der Waals surface area contributed by atoms with Crippen molar-refractivity contribution in [1.29, 1.82) is 0 Å². The van der Waals surface area contributed by atoms with Crippen molar-refractivity contribution in [2.24, 2.45) is 7.05 Å². The van der Waals surface area contributed by atoms with Crippen LogP contribution in [0.5, 0.6) is 0 Å². The standard InChI is InChI=1S/C24H17ClFN7O/c1-33-10-8-18(32-33)21-20(15-11-14-3-2-9-28-19(14)17(25)12-15)30-23(22(27)29-21)31-24(34)13-4-6-16(26)7-5-13/h2-12H,1H3,(H2,27,29)(H,30,31,34). The average Bonchev–Trinajstić information content (AvgIpc) is 3.26. The fourth-order valence-electron chi connectivity index (χ4n) is 3.53. The number of carbonyl (C=O) groups excluding carboxylic acids is 1. The molecule has 0 aliphatic carbocycles. The smallest absolute Gasteiger partial charge is 0.256 e. The Bertz CT molecular complexity index is 1550. The molecule has 8 nitrogen and oxygen atoms in total. The second-order valence-corrected chi connectivity index (χ2v) is 7.93. The molecular formula is C24H17ClFN7O. The van der Waals surface area contributed by atoms with Gasteiger partial charge in [-0.15, -0.1) is 0 Å². The van der Waals surface area contributed by atoms with Crippen LogP contribution in [-0.2, 0) is 7.05 Å². The SMILES string of the molecule is Cn1ccc(-c2nc(N)c(NC(=O)c3ccc(F)cc3)nc2-c2cc(Cl)c3ncccc3c2)n1. The van der Waals surface area contributed by atoms with Gasteiger partial charge in [-0.3, -0.25) is 14.5 Å². The molecule has 0 bridgehead atoms. The molecule has 1 amide bonds. The van der Waals surface area contributed by atoms with Crippen molar-refractivity contribution in [2.75, 3.05) is 11.1 Å². The Hall–Kier alpha value is -4.37. The molecule has 0 saturated heterocycles. The van der Waals surface area contributed by atoms with Crippen LogP contribution in [0.25, 0.3) is 33.5 Å². The molecule has 0 fully saturated rings. The van der Waals surface area contributed by atoms with Gasteiger partial charge in [0.2, 0.25) is 0 Å². The van der Waals surface area contributed by atoms with Gasteiger partial charge in [0.05, 0.1) is 10.5 Å². The first-order valence-electron chi connectivity index (χ1n) is 10.2. The molecule has 0 saturated carbocycles. The molecule has 5 aromatic rings. The van der Waals surface area contributed by atoms with Gasteiger partial charge in [-0.2, -0.15) is 5.10 Å². The van der Waals surface area contributed by atoms with E-state index in [1.165, 1.54) is 24.3 Å². The number of nitrogens with one attached hydrogen (secondary N) is 1. The van der Waals surface area contributed by atoms with Gasteiger partial charge in [-0.1, -0.05) is 17.7 Å². The maximum absolute atomic E-state index is 13.2. The number of aromatic nitrogens is 5. The normalized spacial score (nSPS) is 11.0. The van der Waals surface area contributed by atoms with E-state index in [9.17, 15) is 9.18 Å². The monoisotopic (exact) mass is 473 g/mol. The molecular weight excluding hydrogens is 457 g/mol. The van der Waals surface area contributed by atoms with Crippen LogP contribution in [0.1, 0.15) is 10.4 Å². The lowest BCUT2D eigenvalue weighted by Gasteiger charge is -2.13. The van der Waals surface area contributed by atoms with Crippen LogP contribution in [-0.4, -0.2) is 30.6 Å². The van der Waals surface area contributed by atoms with Gasteiger partial charge in [-0.25, -0.2) is 14.4 Å². The van der Waals surface area contributed by atoms with Crippen molar-refractivity contribution >= 4 is 40.0 Å². The number of anilines is 2. The van der Waals surface area contributed by atoms with E-state index in [0.717, 1.165) is 5.39 Å². The minimum Gasteiger partial charge on any atom is -0.381 e. The van der Waals surface area contributed by atoms with E-state index in [4.69, 9.17) is 17.3 Å². The van der Waals surface area contributed by atoms with Crippen LogP contribution in [0.4, 0.5) is 16.0 Å². The highest BCUT2D eigenvalue weighted by molar-refractivity contribution is 6.35. The van der Waals surface area contributed by atoms with Gasteiger partial charge in [0, 0.05) is 36.0 Å². The Morgan fingerprint density at radius 3 is 2.62 bits per heavy atom. The van der Waals surface area contributed by atoms with Crippen LogP contribution in [0, 0.1) is 5.82 Å². The fraction of sp³-hybridized carbons (Fsp3) is 0.0417. The first-order valence-corrected chi connectivity index (χ1v) is 10.6. The Morgan fingerprint density at radius 1 is 1.09 bits per heavy atom. The second-order valence-electron chi connectivity index (χ2n) is 7.52. The summed E-state index contributed by atoms with van der Waals surface area (Å²) in [5, 5.41) is 8.34.